The van der Waals surface area contributed by atoms with Crippen molar-refractivity contribution in [3.05, 3.63) is 86.4 Å². The molecule has 40 heavy (non-hydrogen) atoms. The largest absolute Gasteiger partial charge is 0.493 e. The normalized spacial score (nSPS) is 13.9. The van der Waals surface area contributed by atoms with Gasteiger partial charge in [0, 0.05) is 15.8 Å². The van der Waals surface area contributed by atoms with Gasteiger partial charge in [0.2, 0.25) is 5.91 Å². The van der Waals surface area contributed by atoms with E-state index in [0.717, 1.165) is 4.90 Å². The fraction of sp³-hybridized carbons (Fsp3) is 0.111. The Hall–Kier alpha value is -3.87. The molecule has 4 amide bonds. The predicted octanol–water partition coefficient (Wildman–Crippen LogP) is 5.94. The highest BCUT2D eigenvalue weighted by Crippen LogP contribution is 2.34. The first-order valence-corrected chi connectivity index (χ1v) is 13.5. The number of nitrogens with zero attached hydrogens (tertiary/aromatic N) is 1. The Labute approximate surface area is 245 Å². The first-order valence-electron chi connectivity index (χ1n) is 11.5. The highest BCUT2D eigenvalue weighted by atomic mass is 79.9. The molecule has 1 fully saturated rings. The molecule has 9 nitrogen and oxygen atoms in total. The van der Waals surface area contributed by atoms with Crippen LogP contribution in [0.2, 0.25) is 5.02 Å². The lowest BCUT2D eigenvalue weighted by Gasteiger charge is -2.13. The van der Waals surface area contributed by atoms with Gasteiger partial charge in [-0.2, -0.15) is 0 Å². The Kier molecular flexibility index (Phi) is 9.46. The molecule has 4 rings (SSSR count). The number of anilines is 2. The number of methoxy groups -OCH3 is 1. The van der Waals surface area contributed by atoms with E-state index < -0.39 is 35.3 Å². The van der Waals surface area contributed by atoms with Crippen molar-refractivity contribution in [3.63, 3.8) is 0 Å². The van der Waals surface area contributed by atoms with E-state index in [9.17, 15) is 23.6 Å². The number of halogens is 3. The first-order chi connectivity index (χ1) is 19.1. The maximum Gasteiger partial charge on any atom is 0.294 e. The molecule has 0 radical (unpaired) electrons. The number of nitrogens with one attached hydrogen (secondary N) is 2. The highest BCUT2D eigenvalue weighted by molar-refractivity contribution is 9.10. The summed E-state index contributed by atoms with van der Waals surface area (Å²) in [5.74, 6) is -1.53. The van der Waals surface area contributed by atoms with Crippen LogP contribution in [0.15, 0.2) is 70.0 Å². The Morgan fingerprint density at radius 1 is 1.00 bits per heavy atom. The topological polar surface area (TPSA) is 114 Å². The van der Waals surface area contributed by atoms with Crippen LogP contribution in [-0.4, -0.2) is 48.1 Å². The minimum absolute atomic E-state index is 0.114. The first kappa shape index (κ1) is 29.1. The van der Waals surface area contributed by atoms with E-state index in [1.165, 1.54) is 37.5 Å². The Morgan fingerprint density at radius 2 is 1.70 bits per heavy atom. The fourth-order valence-corrected chi connectivity index (χ4v) is 4.74. The number of imide groups is 1. The lowest BCUT2D eigenvalue weighted by atomic mass is 10.2. The van der Waals surface area contributed by atoms with Gasteiger partial charge in [-0.3, -0.25) is 24.1 Å². The second-order valence-corrected chi connectivity index (χ2v) is 10.5. The summed E-state index contributed by atoms with van der Waals surface area (Å²) in [6.45, 7) is -0.799. The van der Waals surface area contributed by atoms with Crippen LogP contribution in [0, 0.1) is 5.82 Å². The summed E-state index contributed by atoms with van der Waals surface area (Å²) in [7, 11) is 1.42. The van der Waals surface area contributed by atoms with Crippen LogP contribution in [0.25, 0.3) is 6.08 Å². The molecule has 206 valence electrons. The van der Waals surface area contributed by atoms with Crippen LogP contribution in [-0.2, 0) is 14.4 Å². The van der Waals surface area contributed by atoms with Crippen molar-refractivity contribution in [1.29, 1.82) is 0 Å². The molecule has 0 saturated carbocycles. The molecule has 1 saturated heterocycles. The van der Waals surface area contributed by atoms with Crippen LogP contribution in [0.1, 0.15) is 5.56 Å². The number of hydrogen-bond donors (Lipinski definition) is 2. The molecular formula is C27H20BrClFN3O6S. The molecule has 3 aromatic rings. The molecule has 0 bridgehead atoms. The van der Waals surface area contributed by atoms with Gasteiger partial charge in [-0.15, -0.1) is 0 Å². The second kappa shape index (κ2) is 13.0. The third kappa shape index (κ3) is 7.40. The molecule has 0 spiro atoms. The third-order valence-electron chi connectivity index (χ3n) is 5.35. The predicted molar refractivity (Wildman–Crippen MR) is 154 cm³/mol. The molecule has 0 atom stereocenters. The van der Waals surface area contributed by atoms with Crippen molar-refractivity contribution in [1.82, 2.24) is 4.90 Å². The summed E-state index contributed by atoms with van der Waals surface area (Å²) < 4.78 is 24.7. The van der Waals surface area contributed by atoms with E-state index in [2.05, 4.69) is 26.6 Å². The van der Waals surface area contributed by atoms with Gasteiger partial charge in [0.1, 0.15) is 12.4 Å². The van der Waals surface area contributed by atoms with Crippen molar-refractivity contribution in [3.8, 4) is 11.5 Å². The van der Waals surface area contributed by atoms with Crippen LogP contribution < -0.4 is 20.1 Å². The van der Waals surface area contributed by atoms with Crippen molar-refractivity contribution in [2.45, 2.75) is 0 Å². The zero-order chi connectivity index (χ0) is 28.8. The van der Waals surface area contributed by atoms with Crippen LogP contribution in [0.4, 0.5) is 20.6 Å². The van der Waals surface area contributed by atoms with Gasteiger partial charge in [-0.25, -0.2) is 4.39 Å². The van der Waals surface area contributed by atoms with Crippen LogP contribution in [0.3, 0.4) is 0 Å². The molecule has 1 aliphatic rings. The van der Waals surface area contributed by atoms with Crippen LogP contribution in [0.5, 0.6) is 11.5 Å². The SMILES string of the molecule is COc1cc(/C=C2/SC(=O)N(CC(=O)Nc3ccc(F)cc3)C2=O)ccc1OCC(=O)Nc1ccc(Br)c(Cl)c1. The lowest BCUT2D eigenvalue weighted by Crippen LogP contribution is -2.36. The number of hydrogen-bond acceptors (Lipinski definition) is 7. The number of benzene rings is 3. The molecule has 13 heteroatoms. The monoisotopic (exact) mass is 647 g/mol. The van der Waals surface area contributed by atoms with E-state index in [4.69, 9.17) is 21.1 Å². The summed E-state index contributed by atoms with van der Waals surface area (Å²) in [4.78, 5) is 50.8. The number of carbonyl (C=O) groups excluding carboxylic acids is 4. The molecule has 0 aromatic heterocycles. The Morgan fingerprint density at radius 3 is 2.40 bits per heavy atom. The van der Waals surface area contributed by atoms with Gasteiger partial charge in [0.05, 0.1) is 17.0 Å². The smallest absolute Gasteiger partial charge is 0.294 e. The summed E-state index contributed by atoms with van der Waals surface area (Å²) in [5.41, 5.74) is 1.36. The van der Waals surface area contributed by atoms with E-state index in [1.54, 1.807) is 36.4 Å². The van der Waals surface area contributed by atoms with Crippen molar-refractivity contribution in [2.24, 2.45) is 0 Å². The molecule has 0 aliphatic carbocycles. The standard InChI is InChI=1S/C27H20BrClFN3O6S/c1-38-22-10-15(2-9-21(22)39-14-25(35)32-18-7-8-19(28)20(29)12-18)11-23-26(36)33(27(37)40-23)13-24(34)31-17-5-3-16(30)4-6-17/h2-12H,13-14H2,1H3,(H,31,34)(H,32,35)/b23-11+. The Balaban J connectivity index is 1.37. The average Bonchev–Trinajstić information content (AvgIpc) is 3.18. The number of thioether (sulfide) groups is 1. The maximum atomic E-state index is 13.1. The summed E-state index contributed by atoms with van der Waals surface area (Å²) >= 11 is 10.0. The number of ether oxygens (including phenoxy) is 2. The Bertz CT molecular complexity index is 1520. The number of carbonyl (C=O) groups is 4. The molecule has 1 aliphatic heterocycles. The third-order valence-corrected chi connectivity index (χ3v) is 7.49. The molecule has 0 unspecified atom stereocenters. The summed E-state index contributed by atoms with van der Waals surface area (Å²) in [6.07, 6.45) is 1.49. The van der Waals surface area contributed by atoms with Gasteiger partial charge in [0.15, 0.2) is 18.1 Å². The van der Waals surface area contributed by atoms with Gasteiger partial charge in [-0.1, -0.05) is 17.7 Å². The maximum absolute atomic E-state index is 13.1. The second-order valence-electron chi connectivity index (χ2n) is 8.20. The summed E-state index contributed by atoms with van der Waals surface area (Å²) in [5, 5.41) is 5.04. The highest BCUT2D eigenvalue weighted by Gasteiger charge is 2.36. The molecular weight excluding hydrogens is 629 g/mol. The minimum atomic E-state index is -0.631. The molecule has 2 N–H and O–H groups in total. The van der Waals surface area contributed by atoms with Crippen molar-refractivity contribution < 1.29 is 33.0 Å². The lowest BCUT2D eigenvalue weighted by molar-refractivity contribution is -0.127. The van der Waals surface area contributed by atoms with Gasteiger partial charge in [-0.05, 0) is 93.9 Å². The van der Waals surface area contributed by atoms with E-state index >= 15 is 0 Å². The number of amides is 4. The zero-order valence-corrected chi connectivity index (χ0v) is 23.9. The molecule has 1 heterocycles. The van der Waals surface area contributed by atoms with Crippen molar-refractivity contribution in [2.75, 3.05) is 30.9 Å². The quantitative estimate of drug-likeness (QED) is 0.276. The number of rotatable bonds is 9. The van der Waals surface area contributed by atoms with Gasteiger partial charge >= 0.3 is 0 Å². The van der Waals surface area contributed by atoms with E-state index in [1.807, 2.05) is 0 Å². The van der Waals surface area contributed by atoms with Crippen molar-refractivity contribution >= 4 is 79.7 Å². The van der Waals surface area contributed by atoms with Crippen LogP contribution >= 0.6 is 39.3 Å². The van der Waals surface area contributed by atoms with Gasteiger partial charge in [0.25, 0.3) is 17.1 Å². The van der Waals surface area contributed by atoms with E-state index in [0.29, 0.717) is 43.9 Å². The fourth-order valence-electron chi connectivity index (χ4n) is 3.47. The minimum Gasteiger partial charge on any atom is -0.493 e. The zero-order valence-electron chi connectivity index (χ0n) is 20.7. The molecule has 3 aromatic carbocycles. The average molecular weight is 649 g/mol. The summed E-state index contributed by atoms with van der Waals surface area (Å²) in [6, 6.07) is 14.8. The van der Waals surface area contributed by atoms with Gasteiger partial charge < -0.3 is 20.1 Å². The van der Waals surface area contributed by atoms with E-state index in [-0.39, 0.29) is 17.3 Å².